The predicted octanol–water partition coefficient (Wildman–Crippen LogP) is 1.05. The number of fused-ring (bicyclic) bond motifs is 1. The second-order valence-corrected chi connectivity index (χ2v) is 3.53. The molecule has 0 aliphatic rings. The lowest BCUT2D eigenvalue weighted by Gasteiger charge is -1.87. The first-order chi connectivity index (χ1) is 6.22. The van der Waals surface area contributed by atoms with Crippen molar-refractivity contribution in [3.05, 3.63) is 16.9 Å². The summed E-state index contributed by atoms with van der Waals surface area (Å²) in [4.78, 5) is 11.5. The molecule has 0 radical (unpaired) electrons. The molecule has 2 aromatic heterocycles. The lowest BCUT2D eigenvalue weighted by atomic mass is 10.4. The van der Waals surface area contributed by atoms with Gasteiger partial charge in [-0.1, -0.05) is 18.3 Å². The lowest BCUT2D eigenvalue weighted by molar-refractivity contribution is 0.0702. The molecule has 0 saturated carbocycles. The molecule has 0 saturated heterocycles. The van der Waals surface area contributed by atoms with Crippen molar-refractivity contribution in [1.82, 2.24) is 14.6 Å². The minimum absolute atomic E-state index is 0.291. The molecule has 68 valence electrons. The van der Waals surface area contributed by atoms with Crippen LogP contribution in [0.5, 0.6) is 0 Å². The van der Waals surface area contributed by atoms with E-state index in [1.165, 1.54) is 0 Å². The van der Waals surface area contributed by atoms with E-state index in [1.54, 1.807) is 10.6 Å². The first-order valence-corrected chi connectivity index (χ1v) is 4.60. The number of aromatic nitrogens is 3. The molecule has 0 unspecified atom stereocenters. The highest BCUT2D eigenvalue weighted by Crippen LogP contribution is 2.17. The quantitative estimate of drug-likeness (QED) is 0.781. The molecule has 13 heavy (non-hydrogen) atoms. The van der Waals surface area contributed by atoms with Crippen LogP contribution >= 0.6 is 11.3 Å². The van der Waals surface area contributed by atoms with Gasteiger partial charge in [0.25, 0.3) is 0 Å². The van der Waals surface area contributed by atoms with Gasteiger partial charge in [0, 0.05) is 12.6 Å². The van der Waals surface area contributed by atoms with Gasteiger partial charge in [-0.15, -0.1) is 10.2 Å². The smallest absolute Gasteiger partial charge is 0.347 e. The van der Waals surface area contributed by atoms with Crippen molar-refractivity contribution in [2.24, 2.45) is 0 Å². The lowest BCUT2D eigenvalue weighted by Crippen LogP contribution is -1.93. The number of aromatic carboxylic acids is 1. The fraction of sp³-hybridized carbons (Fsp3) is 0.286. The van der Waals surface area contributed by atoms with Crippen LogP contribution in [0.2, 0.25) is 0 Å². The van der Waals surface area contributed by atoms with Gasteiger partial charge in [-0.05, 0) is 0 Å². The van der Waals surface area contributed by atoms with Gasteiger partial charge in [0.2, 0.25) is 4.96 Å². The number of rotatable bonds is 2. The monoisotopic (exact) mass is 197 g/mol. The van der Waals surface area contributed by atoms with Crippen molar-refractivity contribution in [1.29, 1.82) is 0 Å². The topological polar surface area (TPSA) is 67.5 Å². The van der Waals surface area contributed by atoms with Gasteiger partial charge >= 0.3 is 5.97 Å². The summed E-state index contributed by atoms with van der Waals surface area (Å²) < 4.78 is 1.72. The molecule has 0 bridgehead atoms. The van der Waals surface area contributed by atoms with E-state index >= 15 is 0 Å². The Bertz CT molecular complexity index is 459. The number of nitrogens with zero attached hydrogens (tertiary/aromatic N) is 3. The Balaban J connectivity index is 2.63. The van der Waals surface area contributed by atoms with Crippen LogP contribution in [0.4, 0.5) is 0 Å². The molecule has 0 aliphatic carbocycles. The molecule has 2 rings (SSSR count). The van der Waals surface area contributed by atoms with Crippen LogP contribution in [0.1, 0.15) is 22.4 Å². The molecule has 6 heteroatoms. The van der Waals surface area contributed by atoms with E-state index in [2.05, 4.69) is 10.2 Å². The van der Waals surface area contributed by atoms with Crippen LogP contribution in [-0.4, -0.2) is 25.7 Å². The first kappa shape index (κ1) is 8.18. The third-order valence-electron chi connectivity index (χ3n) is 1.71. The Hall–Kier alpha value is -1.43. The van der Waals surface area contributed by atoms with E-state index in [-0.39, 0.29) is 0 Å². The summed E-state index contributed by atoms with van der Waals surface area (Å²) in [5.41, 5.74) is 0. The summed E-state index contributed by atoms with van der Waals surface area (Å²) in [6.45, 7) is 1.95. The summed E-state index contributed by atoms with van der Waals surface area (Å²) in [6.07, 6.45) is 2.30. The van der Waals surface area contributed by atoms with E-state index in [0.717, 1.165) is 23.6 Å². The maximum Gasteiger partial charge on any atom is 0.347 e. The molecule has 1 N–H and O–H groups in total. The number of carbonyl (C=O) groups is 1. The molecule has 0 fully saturated rings. The van der Waals surface area contributed by atoms with E-state index in [9.17, 15) is 4.79 Å². The minimum atomic E-state index is -0.919. The average Bonchev–Trinajstić information content (AvgIpc) is 2.60. The third-order valence-corrected chi connectivity index (χ3v) is 2.67. The van der Waals surface area contributed by atoms with Crippen LogP contribution in [-0.2, 0) is 6.42 Å². The van der Waals surface area contributed by atoms with Gasteiger partial charge in [-0.2, -0.15) is 0 Å². The normalized spacial score (nSPS) is 10.8. The maximum absolute atomic E-state index is 10.6. The summed E-state index contributed by atoms with van der Waals surface area (Å²) in [5.74, 6) is -0.128. The number of carboxylic acids is 1. The predicted molar refractivity (Wildman–Crippen MR) is 47.2 cm³/mol. The molecule has 0 amide bonds. The minimum Gasteiger partial charge on any atom is -0.477 e. The van der Waals surface area contributed by atoms with Gasteiger partial charge in [-0.25, -0.2) is 4.79 Å². The van der Waals surface area contributed by atoms with E-state index in [4.69, 9.17) is 5.11 Å². The van der Waals surface area contributed by atoms with E-state index in [0.29, 0.717) is 9.84 Å². The summed E-state index contributed by atoms with van der Waals surface area (Å²) >= 11 is 1.13. The molecule has 0 atom stereocenters. The number of hydrogen-bond acceptors (Lipinski definition) is 4. The summed E-state index contributed by atoms with van der Waals surface area (Å²) in [6, 6.07) is 0. The highest BCUT2D eigenvalue weighted by molar-refractivity contribution is 7.18. The van der Waals surface area contributed by atoms with Crippen molar-refractivity contribution in [2.45, 2.75) is 13.3 Å². The largest absolute Gasteiger partial charge is 0.477 e. The van der Waals surface area contributed by atoms with Gasteiger partial charge in [0.05, 0.1) is 0 Å². The zero-order valence-electron chi connectivity index (χ0n) is 6.89. The molecule has 5 nitrogen and oxygen atoms in total. The molecule has 0 spiro atoms. The zero-order chi connectivity index (χ0) is 9.42. The Morgan fingerprint density at radius 1 is 1.69 bits per heavy atom. The second-order valence-electron chi connectivity index (χ2n) is 2.52. The van der Waals surface area contributed by atoms with Crippen molar-refractivity contribution >= 4 is 22.3 Å². The summed E-state index contributed by atoms with van der Waals surface area (Å²) in [7, 11) is 0. The van der Waals surface area contributed by atoms with E-state index < -0.39 is 5.97 Å². The number of hydrogen-bond donors (Lipinski definition) is 1. The Kier molecular flexibility index (Phi) is 1.77. The Labute approximate surface area is 77.6 Å². The van der Waals surface area contributed by atoms with Crippen molar-refractivity contribution in [2.75, 3.05) is 0 Å². The summed E-state index contributed by atoms with van der Waals surface area (Å²) in [5, 5.41) is 16.5. The Morgan fingerprint density at radius 2 is 2.46 bits per heavy atom. The molecular weight excluding hydrogens is 190 g/mol. The molecule has 0 aromatic carbocycles. The zero-order valence-corrected chi connectivity index (χ0v) is 7.71. The maximum atomic E-state index is 10.6. The number of thiazole rings is 1. The molecule has 0 aliphatic heterocycles. The van der Waals surface area contributed by atoms with Crippen LogP contribution in [0.15, 0.2) is 6.20 Å². The number of carboxylic acid groups (broad SMARTS) is 1. The fourth-order valence-corrected chi connectivity index (χ4v) is 1.87. The highest BCUT2D eigenvalue weighted by Gasteiger charge is 2.12. The second kappa shape index (κ2) is 2.81. The van der Waals surface area contributed by atoms with Crippen LogP contribution < -0.4 is 0 Å². The van der Waals surface area contributed by atoms with Crippen LogP contribution in [0.25, 0.3) is 4.96 Å². The van der Waals surface area contributed by atoms with Gasteiger partial charge in [0.15, 0.2) is 0 Å². The third kappa shape index (κ3) is 1.19. The molecular formula is C7H7N3O2S. The van der Waals surface area contributed by atoms with Crippen molar-refractivity contribution in [3.63, 3.8) is 0 Å². The SMILES string of the molecule is CCc1nnc2sc(C(=O)O)cn12. The van der Waals surface area contributed by atoms with Crippen molar-refractivity contribution in [3.8, 4) is 0 Å². The number of aryl methyl sites for hydroxylation is 1. The van der Waals surface area contributed by atoms with Gasteiger partial charge in [0.1, 0.15) is 10.7 Å². The first-order valence-electron chi connectivity index (χ1n) is 3.79. The van der Waals surface area contributed by atoms with E-state index in [1.807, 2.05) is 6.92 Å². The van der Waals surface area contributed by atoms with Gasteiger partial charge in [-0.3, -0.25) is 4.40 Å². The van der Waals surface area contributed by atoms with Crippen molar-refractivity contribution < 1.29 is 9.90 Å². The molecule has 2 aromatic rings. The fourth-order valence-electron chi connectivity index (χ4n) is 1.09. The van der Waals surface area contributed by atoms with Crippen LogP contribution in [0.3, 0.4) is 0 Å². The molecule has 2 heterocycles. The standard InChI is InChI=1S/C7H7N3O2S/c1-2-5-8-9-7-10(5)3-4(13-7)6(11)12/h3H,2H2,1H3,(H,11,12). The van der Waals surface area contributed by atoms with Gasteiger partial charge < -0.3 is 5.11 Å². The van der Waals surface area contributed by atoms with Crippen LogP contribution in [0, 0.1) is 0 Å². The highest BCUT2D eigenvalue weighted by atomic mass is 32.1. The Morgan fingerprint density at radius 3 is 3.08 bits per heavy atom. The average molecular weight is 197 g/mol.